The molecule has 0 saturated heterocycles. The van der Waals surface area contributed by atoms with E-state index in [1.807, 2.05) is 0 Å². The van der Waals surface area contributed by atoms with Crippen molar-refractivity contribution >= 4 is 9.84 Å². The lowest BCUT2D eigenvalue weighted by atomic mass is 10.3. The molecular formula is C13H13NO5S. The molecule has 0 amide bonds. The lowest BCUT2D eigenvalue weighted by molar-refractivity contribution is 0.171. The van der Waals surface area contributed by atoms with E-state index in [1.165, 1.54) is 12.1 Å². The van der Waals surface area contributed by atoms with Crippen molar-refractivity contribution in [3.8, 4) is 11.5 Å². The molecule has 0 saturated carbocycles. The van der Waals surface area contributed by atoms with Crippen LogP contribution in [0.25, 0.3) is 0 Å². The van der Waals surface area contributed by atoms with Crippen LogP contribution in [-0.4, -0.2) is 26.8 Å². The molecule has 1 aromatic heterocycles. The smallest absolute Gasteiger partial charge is 0.184 e. The summed E-state index contributed by atoms with van der Waals surface area (Å²) in [6.45, 7) is 2.60. The number of hydrogen-bond donors (Lipinski definition) is 0. The summed E-state index contributed by atoms with van der Waals surface area (Å²) in [6, 6.07) is 6.21. The number of sulfone groups is 1. The minimum atomic E-state index is -3.49. The number of nitrogens with zero attached hydrogens (tertiary/aromatic N) is 1. The van der Waals surface area contributed by atoms with Crippen LogP contribution >= 0.6 is 0 Å². The van der Waals surface area contributed by atoms with Gasteiger partial charge in [0.25, 0.3) is 0 Å². The summed E-state index contributed by atoms with van der Waals surface area (Å²) >= 11 is 0. The Labute approximate surface area is 116 Å². The summed E-state index contributed by atoms with van der Waals surface area (Å²) < 4.78 is 40.3. The average molecular weight is 295 g/mol. The van der Waals surface area contributed by atoms with Crippen LogP contribution in [0.1, 0.15) is 11.5 Å². The second-order valence-electron chi connectivity index (χ2n) is 4.49. The zero-order chi connectivity index (χ0) is 14.2. The minimum Gasteiger partial charge on any atom is -0.486 e. The van der Waals surface area contributed by atoms with E-state index in [-0.39, 0.29) is 10.6 Å². The molecule has 0 unspecified atom stereocenters. The van der Waals surface area contributed by atoms with Gasteiger partial charge >= 0.3 is 0 Å². The number of benzene rings is 1. The average Bonchev–Trinajstić information content (AvgIpc) is 2.83. The maximum atomic E-state index is 12.3. The molecule has 7 heteroatoms. The molecule has 20 heavy (non-hydrogen) atoms. The zero-order valence-corrected chi connectivity index (χ0v) is 11.6. The highest BCUT2D eigenvalue weighted by molar-refractivity contribution is 7.90. The van der Waals surface area contributed by atoms with Gasteiger partial charge in [0.2, 0.25) is 0 Å². The molecule has 0 N–H and O–H groups in total. The zero-order valence-electron chi connectivity index (χ0n) is 10.8. The van der Waals surface area contributed by atoms with Crippen molar-refractivity contribution in [1.82, 2.24) is 5.16 Å². The van der Waals surface area contributed by atoms with Gasteiger partial charge in [-0.1, -0.05) is 5.16 Å². The Morgan fingerprint density at radius 1 is 1.15 bits per heavy atom. The standard InChI is InChI=1S/C13H13NO5S/c1-9-6-10(14-19-9)8-20(15,16)11-2-3-12-13(7-11)18-5-4-17-12/h2-3,6-7H,4-5,8H2,1H3. The number of hydrogen-bond acceptors (Lipinski definition) is 6. The van der Waals surface area contributed by atoms with E-state index in [2.05, 4.69) is 5.16 Å². The Kier molecular flexibility index (Phi) is 3.13. The second-order valence-corrected chi connectivity index (χ2v) is 6.48. The predicted octanol–water partition coefficient (Wildman–Crippen LogP) is 1.73. The van der Waals surface area contributed by atoms with E-state index in [0.717, 1.165) is 0 Å². The highest BCUT2D eigenvalue weighted by atomic mass is 32.2. The third kappa shape index (κ3) is 2.49. The van der Waals surface area contributed by atoms with Gasteiger partial charge in [0.15, 0.2) is 21.3 Å². The van der Waals surface area contributed by atoms with Crippen molar-refractivity contribution in [1.29, 1.82) is 0 Å². The Morgan fingerprint density at radius 3 is 2.60 bits per heavy atom. The number of aromatic nitrogens is 1. The molecule has 106 valence electrons. The monoisotopic (exact) mass is 295 g/mol. The van der Waals surface area contributed by atoms with E-state index in [9.17, 15) is 8.42 Å². The molecule has 1 aromatic carbocycles. The lowest BCUT2D eigenvalue weighted by Crippen LogP contribution is -2.16. The highest BCUT2D eigenvalue weighted by Gasteiger charge is 2.21. The predicted molar refractivity (Wildman–Crippen MR) is 69.6 cm³/mol. The van der Waals surface area contributed by atoms with Crippen LogP contribution in [0.5, 0.6) is 11.5 Å². The molecule has 0 spiro atoms. The number of fused-ring (bicyclic) bond motifs is 1. The largest absolute Gasteiger partial charge is 0.486 e. The normalized spacial score (nSPS) is 14.2. The first-order valence-electron chi connectivity index (χ1n) is 6.09. The molecule has 6 nitrogen and oxygen atoms in total. The van der Waals surface area contributed by atoms with Gasteiger partial charge in [-0.2, -0.15) is 0 Å². The highest BCUT2D eigenvalue weighted by Crippen LogP contribution is 2.33. The molecule has 0 bridgehead atoms. The van der Waals surface area contributed by atoms with Gasteiger partial charge in [-0.15, -0.1) is 0 Å². The molecule has 3 rings (SSSR count). The fraction of sp³-hybridized carbons (Fsp3) is 0.308. The lowest BCUT2D eigenvalue weighted by Gasteiger charge is -2.18. The molecule has 0 radical (unpaired) electrons. The molecule has 0 aliphatic carbocycles. The second kappa shape index (κ2) is 4.82. The van der Waals surface area contributed by atoms with Crippen molar-refractivity contribution in [2.75, 3.05) is 13.2 Å². The van der Waals surface area contributed by atoms with Crippen LogP contribution in [-0.2, 0) is 15.6 Å². The summed E-state index contributed by atoms with van der Waals surface area (Å²) in [5.41, 5.74) is 0.386. The Balaban J connectivity index is 1.91. The van der Waals surface area contributed by atoms with Crippen LogP contribution in [0.15, 0.2) is 33.7 Å². The Bertz CT molecular complexity index is 735. The third-order valence-corrected chi connectivity index (χ3v) is 4.54. The maximum absolute atomic E-state index is 12.3. The first-order chi connectivity index (χ1) is 9.54. The molecular weight excluding hydrogens is 282 g/mol. The van der Waals surface area contributed by atoms with E-state index >= 15 is 0 Å². The fourth-order valence-corrected chi connectivity index (χ4v) is 3.24. The van der Waals surface area contributed by atoms with Crippen molar-refractivity contribution in [3.63, 3.8) is 0 Å². The van der Waals surface area contributed by atoms with Gasteiger partial charge in [0.05, 0.1) is 10.6 Å². The molecule has 1 aliphatic heterocycles. The van der Waals surface area contributed by atoms with Crippen molar-refractivity contribution < 1.29 is 22.4 Å². The first-order valence-corrected chi connectivity index (χ1v) is 7.74. The van der Waals surface area contributed by atoms with E-state index in [4.69, 9.17) is 14.0 Å². The molecule has 0 fully saturated rings. The van der Waals surface area contributed by atoms with Crippen LogP contribution in [0.4, 0.5) is 0 Å². The van der Waals surface area contributed by atoms with E-state index < -0.39 is 9.84 Å². The van der Waals surface area contributed by atoms with E-state index in [1.54, 1.807) is 19.1 Å². The van der Waals surface area contributed by atoms with Gasteiger partial charge in [0.1, 0.15) is 24.7 Å². The van der Waals surface area contributed by atoms with Crippen molar-refractivity contribution in [2.45, 2.75) is 17.6 Å². The summed E-state index contributed by atoms with van der Waals surface area (Å²) in [6.07, 6.45) is 0. The van der Waals surface area contributed by atoms with Crippen molar-refractivity contribution in [2.24, 2.45) is 0 Å². The van der Waals surface area contributed by atoms with Gasteiger partial charge < -0.3 is 14.0 Å². The fourth-order valence-electron chi connectivity index (χ4n) is 1.98. The quantitative estimate of drug-likeness (QED) is 0.858. The topological polar surface area (TPSA) is 78.6 Å². The first kappa shape index (κ1) is 13.0. The van der Waals surface area contributed by atoms with Crippen LogP contribution in [0, 0.1) is 6.92 Å². The number of aryl methyl sites for hydroxylation is 1. The van der Waals surface area contributed by atoms with Gasteiger partial charge in [0, 0.05) is 12.1 Å². The van der Waals surface area contributed by atoms with Crippen LogP contribution in [0.2, 0.25) is 0 Å². The van der Waals surface area contributed by atoms with Crippen LogP contribution in [0.3, 0.4) is 0 Å². The van der Waals surface area contributed by atoms with E-state index in [0.29, 0.717) is 36.2 Å². The summed E-state index contributed by atoms with van der Waals surface area (Å²) in [4.78, 5) is 0.183. The number of rotatable bonds is 3. The molecule has 2 aromatic rings. The van der Waals surface area contributed by atoms with Crippen molar-refractivity contribution in [3.05, 3.63) is 35.7 Å². The third-order valence-electron chi connectivity index (χ3n) is 2.89. The molecule has 0 atom stereocenters. The van der Waals surface area contributed by atoms with Gasteiger partial charge in [-0.25, -0.2) is 8.42 Å². The summed E-state index contributed by atoms with van der Waals surface area (Å²) in [5, 5.41) is 3.70. The molecule has 2 heterocycles. The number of ether oxygens (including phenoxy) is 2. The Morgan fingerprint density at radius 2 is 1.90 bits per heavy atom. The maximum Gasteiger partial charge on any atom is 0.184 e. The summed E-state index contributed by atoms with van der Waals surface area (Å²) in [5.74, 6) is 1.39. The minimum absolute atomic E-state index is 0.183. The Hall–Kier alpha value is -2.02. The summed E-state index contributed by atoms with van der Waals surface area (Å²) in [7, 11) is -3.49. The SMILES string of the molecule is Cc1cc(CS(=O)(=O)c2ccc3c(c2)OCCO3)no1. The van der Waals surface area contributed by atoms with Gasteiger partial charge in [-0.3, -0.25) is 0 Å². The van der Waals surface area contributed by atoms with Gasteiger partial charge in [-0.05, 0) is 19.1 Å². The van der Waals surface area contributed by atoms with Crippen LogP contribution < -0.4 is 9.47 Å². The molecule has 1 aliphatic rings.